The molecule has 0 aromatic carbocycles. The second-order valence-corrected chi connectivity index (χ2v) is 11.0. The minimum absolute atomic E-state index is 0.0769. The number of carbonyl (C=O) groups excluding carboxylic acids is 1. The Hall–Kier alpha value is -1.94. The predicted molar refractivity (Wildman–Crippen MR) is 109 cm³/mol. The first kappa shape index (κ1) is 18.1. The van der Waals surface area contributed by atoms with Gasteiger partial charge in [-0.05, 0) is 32.3 Å². The summed E-state index contributed by atoms with van der Waals surface area (Å²) in [6.07, 6.45) is 2.66. The molecule has 4 heterocycles. The highest BCUT2D eigenvalue weighted by molar-refractivity contribution is 8.14. The Kier molecular flexibility index (Phi) is 4.24. The van der Waals surface area contributed by atoms with Crippen LogP contribution in [0.5, 0.6) is 0 Å². The molecule has 8 nitrogen and oxygen atoms in total. The molecule has 5 rings (SSSR count). The molecule has 3 aliphatic rings. The highest BCUT2D eigenvalue weighted by atomic mass is 32.2. The minimum atomic E-state index is -3.05. The van der Waals surface area contributed by atoms with Gasteiger partial charge in [-0.15, -0.1) is 0 Å². The number of amides is 1. The van der Waals surface area contributed by atoms with Gasteiger partial charge in [-0.3, -0.25) is 9.79 Å². The third-order valence-corrected chi connectivity index (χ3v) is 8.10. The molecule has 1 atom stereocenters. The van der Waals surface area contributed by atoms with Crippen molar-refractivity contribution in [2.24, 2.45) is 4.99 Å². The van der Waals surface area contributed by atoms with Crippen LogP contribution in [0.4, 0.5) is 0 Å². The molecule has 2 aromatic heterocycles. The Balaban J connectivity index is 1.62. The fourth-order valence-corrected chi connectivity index (χ4v) is 6.31. The van der Waals surface area contributed by atoms with Gasteiger partial charge in [0.05, 0.1) is 40.7 Å². The monoisotopic (exact) mass is 419 g/mol. The van der Waals surface area contributed by atoms with Crippen LogP contribution in [0.25, 0.3) is 11.0 Å². The van der Waals surface area contributed by atoms with Gasteiger partial charge in [0.25, 0.3) is 5.91 Å². The molecule has 1 unspecified atom stereocenters. The smallest absolute Gasteiger partial charge is 0.258 e. The number of pyridine rings is 1. The summed E-state index contributed by atoms with van der Waals surface area (Å²) in [5, 5.41) is 8.87. The molecule has 2 fully saturated rings. The van der Waals surface area contributed by atoms with E-state index in [4.69, 9.17) is 4.98 Å². The van der Waals surface area contributed by atoms with Gasteiger partial charge in [-0.1, -0.05) is 11.8 Å². The molecule has 1 amide bonds. The number of aryl methyl sites for hydroxylation is 1. The number of hydrogen-bond donors (Lipinski definition) is 1. The maximum Gasteiger partial charge on any atom is 0.258 e. The van der Waals surface area contributed by atoms with E-state index in [9.17, 15) is 13.2 Å². The number of nitrogens with zero attached hydrogens (tertiary/aromatic N) is 4. The first-order valence-electron chi connectivity index (χ1n) is 9.50. The quantitative estimate of drug-likeness (QED) is 0.813. The lowest BCUT2D eigenvalue weighted by molar-refractivity contribution is 0.0979. The number of aromatic nitrogens is 3. The molecular formula is C18H21N5O3S2. The lowest BCUT2D eigenvalue weighted by Gasteiger charge is -2.12. The molecule has 0 bridgehead atoms. The van der Waals surface area contributed by atoms with E-state index >= 15 is 0 Å². The molecule has 0 spiro atoms. The van der Waals surface area contributed by atoms with E-state index in [-0.39, 0.29) is 23.5 Å². The van der Waals surface area contributed by atoms with Gasteiger partial charge in [0.15, 0.2) is 20.7 Å². The van der Waals surface area contributed by atoms with Crippen molar-refractivity contribution in [3.8, 4) is 0 Å². The number of aliphatic imine (C=N–C) groups is 1. The fraction of sp³-hybridized carbons (Fsp3) is 0.556. The Labute approximate surface area is 167 Å². The van der Waals surface area contributed by atoms with Crippen LogP contribution in [0, 0.1) is 6.92 Å². The summed E-state index contributed by atoms with van der Waals surface area (Å²) in [6.45, 7) is 2.56. The molecule has 148 valence electrons. The van der Waals surface area contributed by atoms with Crippen molar-refractivity contribution in [1.29, 1.82) is 0 Å². The van der Waals surface area contributed by atoms with Crippen molar-refractivity contribution < 1.29 is 13.2 Å². The Morgan fingerprint density at radius 3 is 2.79 bits per heavy atom. The summed E-state index contributed by atoms with van der Waals surface area (Å²) >= 11 is 1.54. The van der Waals surface area contributed by atoms with E-state index in [0.717, 1.165) is 24.3 Å². The second kappa shape index (κ2) is 6.55. The van der Waals surface area contributed by atoms with E-state index in [0.29, 0.717) is 46.3 Å². The molecule has 2 aromatic rings. The van der Waals surface area contributed by atoms with Crippen LogP contribution in [-0.2, 0) is 9.84 Å². The summed E-state index contributed by atoms with van der Waals surface area (Å²) in [5.41, 5.74) is 2.75. The second-order valence-electron chi connectivity index (χ2n) is 7.64. The highest BCUT2D eigenvalue weighted by Gasteiger charge is 2.34. The number of nitrogens with one attached hydrogen (secondary N) is 1. The maximum absolute atomic E-state index is 13.0. The van der Waals surface area contributed by atoms with Crippen LogP contribution in [0.3, 0.4) is 0 Å². The fourth-order valence-electron chi connectivity index (χ4n) is 3.90. The molecule has 1 aliphatic carbocycles. The zero-order valence-corrected chi connectivity index (χ0v) is 17.1. The molecule has 28 heavy (non-hydrogen) atoms. The summed E-state index contributed by atoms with van der Waals surface area (Å²) in [6, 6.07) is 1.65. The number of rotatable bonds is 3. The molecule has 1 saturated carbocycles. The molecular weight excluding hydrogens is 398 g/mol. The Morgan fingerprint density at radius 2 is 2.14 bits per heavy atom. The van der Waals surface area contributed by atoms with Crippen molar-refractivity contribution in [3.05, 3.63) is 23.0 Å². The number of fused-ring (bicyclic) bond motifs is 1. The van der Waals surface area contributed by atoms with Crippen LogP contribution in [0.1, 0.15) is 53.0 Å². The number of carbonyl (C=O) groups is 1. The molecule has 10 heteroatoms. The van der Waals surface area contributed by atoms with Gasteiger partial charge in [-0.2, -0.15) is 5.10 Å². The van der Waals surface area contributed by atoms with Gasteiger partial charge in [-0.25, -0.2) is 18.1 Å². The average molecular weight is 420 g/mol. The third-order valence-electron chi connectivity index (χ3n) is 5.46. The van der Waals surface area contributed by atoms with E-state index in [1.807, 2.05) is 13.0 Å². The van der Waals surface area contributed by atoms with Gasteiger partial charge < -0.3 is 5.32 Å². The maximum atomic E-state index is 13.0. The Morgan fingerprint density at radius 1 is 1.32 bits per heavy atom. The van der Waals surface area contributed by atoms with Gasteiger partial charge >= 0.3 is 0 Å². The molecule has 0 radical (unpaired) electrons. The standard InChI is InChI=1S/C18H21N5O3S2/c1-10-15-13(17(24)21-18-19-5-6-27-18)8-14(11-2-3-11)20-16(15)23(22-10)12-4-7-28(25,26)9-12/h8,11-12H,2-7,9H2,1H3,(H,19,21,24). The van der Waals surface area contributed by atoms with Crippen molar-refractivity contribution in [1.82, 2.24) is 20.1 Å². The number of amidine groups is 1. The summed E-state index contributed by atoms with van der Waals surface area (Å²) in [7, 11) is -3.05. The van der Waals surface area contributed by atoms with Crippen molar-refractivity contribution in [2.75, 3.05) is 23.8 Å². The van der Waals surface area contributed by atoms with E-state index in [1.54, 1.807) is 4.68 Å². The van der Waals surface area contributed by atoms with Crippen LogP contribution in [0.2, 0.25) is 0 Å². The van der Waals surface area contributed by atoms with Crippen molar-refractivity contribution >= 4 is 43.7 Å². The zero-order chi connectivity index (χ0) is 19.5. The zero-order valence-electron chi connectivity index (χ0n) is 15.5. The summed E-state index contributed by atoms with van der Waals surface area (Å²) in [5.74, 6) is 1.29. The first-order chi connectivity index (χ1) is 13.4. The summed E-state index contributed by atoms with van der Waals surface area (Å²) in [4.78, 5) is 22.1. The summed E-state index contributed by atoms with van der Waals surface area (Å²) < 4.78 is 25.7. The largest absolute Gasteiger partial charge is 0.301 e. The number of thioether (sulfide) groups is 1. The van der Waals surface area contributed by atoms with E-state index in [2.05, 4.69) is 15.4 Å². The van der Waals surface area contributed by atoms with Gasteiger partial charge in [0.2, 0.25) is 0 Å². The first-order valence-corrected chi connectivity index (χ1v) is 12.3. The normalized spacial score (nSPS) is 23.9. The van der Waals surface area contributed by atoms with E-state index < -0.39 is 9.84 Å². The topological polar surface area (TPSA) is 106 Å². The minimum Gasteiger partial charge on any atom is -0.301 e. The Bertz CT molecular complexity index is 1120. The molecule has 1 saturated heterocycles. The van der Waals surface area contributed by atoms with Crippen LogP contribution >= 0.6 is 11.8 Å². The van der Waals surface area contributed by atoms with Gasteiger partial charge in [0.1, 0.15) is 0 Å². The predicted octanol–water partition coefficient (Wildman–Crippen LogP) is 1.81. The van der Waals surface area contributed by atoms with Gasteiger partial charge in [0, 0.05) is 17.4 Å². The van der Waals surface area contributed by atoms with Crippen LogP contribution in [0.15, 0.2) is 11.1 Å². The number of sulfone groups is 1. The van der Waals surface area contributed by atoms with Crippen molar-refractivity contribution in [2.45, 2.75) is 38.1 Å². The van der Waals surface area contributed by atoms with Crippen molar-refractivity contribution in [3.63, 3.8) is 0 Å². The highest BCUT2D eigenvalue weighted by Crippen LogP contribution is 2.41. The number of hydrogen-bond acceptors (Lipinski definition) is 7. The lowest BCUT2D eigenvalue weighted by atomic mass is 10.1. The SMILES string of the molecule is Cc1nn(C2CCS(=O)(=O)C2)c2nc(C3CC3)cc(C(=O)NC3=NCCS3)c12. The van der Waals surface area contributed by atoms with Crippen LogP contribution < -0.4 is 5.32 Å². The van der Waals surface area contributed by atoms with Crippen LogP contribution in [-0.4, -0.2) is 58.1 Å². The third kappa shape index (κ3) is 3.22. The molecule has 2 aliphatic heterocycles. The average Bonchev–Trinajstić information content (AvgIpc) is 3.12. The lowest BCUT2D eigenvalue weighted by Crippen LogP contribution is -2.27. The molecule has 1 N–H and O–H groups in total. The van der Waals surface area contributed by atoms with E-state index in [1.165, 1.54) is 11.8 Å².